The molecule has 1 unspecified atom stereocenters. The molecule has 280 valence electrons. The number of thiol groups is 1. The number of aromatic nitrogens is 4. The van der Waals surface area contributed by atoms with Crippen molar-refractivity contribution in [2.45, 2.75) is 49.1 Å². The maximum atomic E-state index is 12.9. The minimum absolute atomic E-state index is 0.0500. The first kappa shape index (κ1) is 38.7. The van der Waals surface area contributed by atoms with Crippen LogP contribution in [-0.4, -0.2) is 101 Å². The molecule has 9 atom stereocenters. The molecule has 2 aliphatic rings. The molecule has 0 saturated carbocycles. The van der Waals surface area contributed by atoms with Crippen molar-refractivity contribution < 1.29 is 48.8 Å². The van der Waals surface area contributed by atoms with Crippen LogP contribution in [0.3, 0.4) is 0 Å². The van der Waals surface area contributed by atoms with Crippen LogP contribution in [0.5, 0.6) is 0 Å². The van der Waals surface area contributed by atoms with Crippen LogP contribution in [0.15, 0.2) is 99.8 Å². The minimum atomic E-state index is -3.63. The summed E-state index contributed by atoms with van der Waals surface area (Å²) in [4.78, 5) is 49.6. The number of ether oxygens (including phenoxy) is 2. The van der Waals surface area contributed by atoms with Gasteiger partial charge in [0.25, 0.3) is 5.91 Å². The summed E-state index contributed by atoms with van der Waals surface area (Å²) in [7, 11) is 0. The lowest BCUT2D eigenvalue weighted by atomic mass is 10.1. The molecule has 0 spiro atoms. The van der Waals surface area contributed by atoms with Gasteiger partial charge in [-0.05, 0) is 35.7 Å². The summed E-state index contributed by atoms with van der Waals surface area (Å²) in [5.41, 5.74) is -1.18. The normalized spacial score (nSPS) is 27.0. The fraction of sp³-hybridized carbons (Fsp3) is 0.312. The van der Waals surface area contributed by atoms with Gasteiger partial charge in [-0.25, -0.2) is 23.6 Å². The predicted molar refractivity (Wildman–Crippen MR) is 191 cm³/mol. The van der Waals surface area contributed by atoms with E-state index in [0.29, 0.717) is 11.1 Å². The van der Waals surface area contributed by atoms with E-state index in [1.807, 2.05) is 0 Å². The fourth-order valence-corrected chi connectivity index (χ4v) is 7.51. The number of hydrogen-bond donors (Lipinski definition) is 6. The number of carbonyl (C=O) groups excluding carboxylic acids is 1. The lowest BCUT2D eigenvalue weighted by molar-refractivity contribution is -0.212. The first-order valence-corrected chi connectivity index (χ1v) is 19.6. The van der Waals surface area contributed by atoms with Crippen LogP contribution in [0.1, 0.15) is 28.4 Å². The van der Waals surface area contributed by atoms with Gasteiger partial charge in [-0.2, -0.15) is 9.97 Å². The van der Waals surface area contributed by atoms with Crippen molar-refractivity contribution >= 4 is 54.1 Å². The van der Waals surface area contributed by atoms with E-state index >= 15 is 0 Å². The highest BCUT2D eigenvalue weighted by molar-refractivity contribution is 8.76. The summed E-state index contributed by atoms with van der Waals surface area (Å²) in [6.45, 7) is -1.16. The molecule has 1 amide bonds. The third kappa shape index (κ3) is 8.85. The molecule has 0 bridgehead atoms. The van der Waals surface area contributed by atoms with Gasteiger partial charge in [0.2, 0.25) is 6.12 Å². The van der Waals surface area contributed by atoms with Crippen LogP contribution in [0, 0.1) is 0 Å². The summed E-state index contributed by atoms with van der Waals surface area (Å²) >= 11 is 9.70. The molecule has 53 heavy (non-hydrogen) atoms. The van der Waals surface area contributed by atoms with Crippen LogP contribution in [0.25, 0.3) is 0 Å². The molecule has 2 fully saturated rings. The van der Waals surface area contributed by atoms with Gasteiger partial charge in [0.1, 0.15) is 42.9 Å². The van der Waals surface area contributed by atoms with Crippen LogP contribution in [0.4, 0.5) is 11.6 Å². The number of hydrogen-bond acceptors (Lipinski definition) is 17. The average Bonchev–Trinajstić information content (AvgIpc) is 3.61. The Hall–Kier alpha value is -4.05. The second-order valence-electron chi connectivity index (χ2n) is 11.7. The Morgan fingerprint density at radius 1 is 0.887 bits per heavy atom. The highest BCUT2D eigenvalue weighted by atomic mass is 33.1. The van der Waals surface area contributed by atoms with E-state index in [0.717, 1.165) is 9.13 Å². The molecule has 4 heterocycles. The Kier molecular flexibility index (Phi) is 12.1. The van der Waals surface area contributed by atoms with Crippen molar-refractivity contribution in [2.24, 2.45) is 4.99 Å². The molecule has 2 saturated heterocycles. The van der Waals surface area contributed by atoms with E-state index in [9.17, 15) is 39.9 Å². The number of benzene rings is 2. The van der Waals surface area contributed by atoms with Crippen molar-refractivity contribution in [1.82, 2.24) is 19.1 Å². The van der Waals surface area contributed by atoms with E-state index in [1.165, 1.54) is 24.5 Å². The molecular formula is C32H32N6O12PS2-. The van der Waals surface area contributed by atoms with E-state index in [-0.39, 0.29) is 11.6 Å². The Labute approximate surface area is 311 Å². The molecular weight excluding hydrogens is 755 g/mol. The van der Waals surface area contributed by atoms with E-state index in [4.69, 9.17) is 30.8 Å². The first-order chi connectivity index (χ1) is 25.3. The Bertz CT molecular complexity index is 2060. The topological polar surface area (TPSA) is 252 Å². The number of anilines is 1. The number of aliphatic imine (C=N–C) groups is 1. The van der Waals surface area contributed by atoms with Gasteiger partial charge >= 0.3 is 11.4 Å². The fourth-order valence-electron chi connectivity index (χ4n) is 5.54. The molecule has 0 radical (unpaired) electrons. The highest BCUT2D eigenvalue weighted by Crippen LogP contribution is 2.65. The monoisotopic (exact) mass is 787 g/mol. The largest absolute Gasteiger partial charge is 0.858 e. The van der Waals surface area contributed by atoms with Gasteiger partial charge in [0.05, 0.1) is 6.61 Å². The van der Waals surface area contributed by atoms with Crippen molar-refractivity contribution in [3.05, 3.63) is 117 Å². The number of amides is 1. The third-order valence-corrected chi connectivity index (χ3v) is 10.4. The predicted octanol–water partition coefficient (Wildman–Crippen LogP) is -0.383. The van der Waals surface area contributed by atoms with Crippen molar-refractivity contribution in [2.75, 3.05) is 18.5 Å². The lowest BCUT2D eigenvalue weighted by Crippen LogP contribution is -2.38. The first-order valence-electron chi connectivity index (χ1n) is 15.8. The summed E-state index contributed by atoms with van der Waals surface area (Å²) in [5.74, 6) is -1.33. The van der Waals surface area contributed by atoms with Gasteiger partial charge in [-0.3, -0.25) is 13.9 Å². The minimum Gasteiger partial charge on any atom is -0.858 e. The molecule has 4 aromatic rings. The second-order valence-corrected chi connectivity index (χ2v) is 16.9. The zero-order chi connectivity index (χ0) is 37.9. The molecule has 2 aliphatic heterocycles. The number of aliphatic hydroxyl groups excluding tert-OH is 4. The molecule has 2 aromatic carbocycles. The van der Waals surface area contributed by atoms with Crippen molar-refractivity contribution in [3.63, 3.8) is 0 Å². The average molecular weight is 788 g/mol. The standard InChI is InChI=1S/C32H33N6O12PS2/c39-15-19-26(25(42)30(48-19)38-14-12-22(36-32(38)46)34-28(44)18-9-5-2-6-10-18)50-51(52,53)47-16-20-23(40)24(41)29(49-20)37-13-11-21(35-31(37)45)33-27(43)17-7-3-1-4-8-17/h1-14,19-20,23-26,29-30,39-42H,15-16H2,(H,52,53)(H,33,35,43,45)(H,34,36,44,46)/p-1/t19-,20-,23-,24-,25-,26-,29-,30-/m1/s1. The number of nitrogens with zero attached hydrogens (tertiary/aromatic N) is 5. The summed E-state index contributed by atoms with van der Waals surface area (Å²) in [5, 5.41) is 57.4. The zero-order valence-corrected chi connectivity index (χ0v) is 29.8. The van der Waals surface area contributed by atoms with Gasteiger partial charge in [-0.15, -0.1) is 0 Å². The van der Waals surface area contributed by atoms with Gasteiger partial charge in [0, 0.05) is 30.2 Å². The van der Waals surface area contributed by atoms with Crippen molar-refractivity contribution in [1.29, 1.82) is 0 Å². The smallest absolute Gasteiger partial charge is 0.351 e. The molecule has 21 heteroatoms. The Balaban J connectivity index is 1.07. The number of aliphatic hydroxyl groups is 4. The van der Waals surface area contributed by atoms with E-state index < -0.39 is 91.6 Å². The summed E-state index contributed by atoms with van der Waals surface area (Å²) in [6.07, 6.45) is -12.6. The lowest BCUT2D eigenvalue weighted by Gasteiger charge is -2.29. The van der Waals surface area contributed by atoms with Gasteiger partial charge < -0.3 is 52.6 Å². The highest BCUT2D eigenvalue weighted by Gasteiger charge is 2.51. The second kappa shape index (κ2) is 16.5. The van der Waals surface area contributed by atoms with Crippen molar-refractivity contribution in [3.8, 4) is 0 Å². The molecule has 6 rings (SSSR count). The SMILES string of the molecule is O=C(Nc1ccn([C@@H]2O[C@H](CO)[C@@H](O[P+]([S-])(S)OC[C@H]3O[C@@H](n4ccc(N=C([O-])c5ccccc5)nc4=O)[C@H](O)[C@@H]3O)[C@H]2O)c(=O)n1)c1ccccc1. The molecule has 18 nitrogen and oxygen atoms in total. The van der Waals surface area contributed by atoms with Crippen LogP contribution in [0.2, 0.25) is 0 Å². The van der Waals surface area contributed by atoms with E-state index in [2.05, 4.69) is 32.5 Å². The maximum absolute atomic E-state index is 12.9. The Morgan fingerprint density at radius 3 is 2.09 bits per heavy atom. The number of carbonyl (C=O) groups is 1. The van der Waals surface area contributed by atoms with Crippen LogP contribution >= 0.6 is 18.4 Å². The van der Waals surface area contributed by atoms with Crippen LogP contribution < -0.4 is 21.8 Å². The number of nitrogens with one attached hydrogen (secondary N) is 1. The van der Waals surface area contributed by atoms with Crippen LogP contribution in [-0.2, 0) is 30.8 Å². The van der Waals surface area contributed by atoms with E-state index in [1.54, 1.807) is 60.7 Å². The third-order valence-electron chi connectivity index (χ3n) is 8.19. The summed E-state index contributed by atoms with van der Waals surface area (Å²) in [6, 6.07) is 19.0. The Morgan fingerprint density at radius 2 is 1.47 bits per heavy atom. The molecule has 5 N–H and O–H groups in total. The number of rotatable bonds is 12. The maximum Gasteiger partial charge on any atom is 0.351 e. The quantitative estimate of drug-likeness (QED) is 0.0352. The zero-order valence-electron chi connectivity index (χ0n) is 27.2. The molecule has 2 aromatic heterocycles. The van der Waals surface area contributed by atoms with Gasteiger partial charge in [0.15, 0.2) is 24.4 Å². The van der Waals surface area contributed by atoms with Gasteiger partial charge in [-0.1, -0.05) is 48.5 Å². The summed E-state index contributed by atoms with van der Waals surface area (Å²) < 4.78 is 24.7. The molecule has 0 aliphatic carbocycles.